The molecule has 0 aliphatic carbocycles. The number of aliphatic imine (C=N–C) groups is 2. The highest BCUT2D eigenvalue weighted by Gasteiger charge is 2.43. The summed E-state index contributed by atoms with van der Waals surface area (Å²) >= 11 is 1.24. The topological polar surface area (TPSA) is 112 Å². The van der Waals surface area contributed by atoms with E-state index in [0.29, 0.717) is 55.6 Å². The molecule has 3 amide bonds. The maximum absolute atomic E-state index is 13.5. The third kappa shape index (κ3) is 6.68. The minimum atomic E-state index is -0.846. The lowest BCUT2D eigenvalue weighted by Gasteiger charge is -2.27. The minimum absolute atomic E-state index is 0.0507. The Morgan fingerprint density at radius 1 is 1.08 bits per heavy atom. The summed E-state index contributed by atoms with van der Waals surface area (Å²) in [7, 11) is 1.62. The Bertz CT molecular complexity index is 1220. The SMILES string of the molecule is CC[C@H](SC1=Nc2ccccc2C2=N[C@@H](CC(=O)NCCc3ccccc3)C(=O)N12)C(=O)NCCCOC. The fraction of sp³-hybridized carbons (Fsp3) is 0.393. The zero-order valence-corrected chi connectivity index (χ0v) is 22.5. The van der Waals surface area contributed by atoms with Crippen molar-refractivity contribution in [2.45, 2.75) is 43.9 Å². The van der Waals surface area contributed by atoms with E-state index in [1.807, 2.05) is 61.5 Å². The number of amidine groups is 2. The standard InChI is InChI=1S/C28H33N5O4S/c1-3-23(26(35)30-15-9-17-37-2)38-28-32-21-13-8-7-12-20(21)25-31-22(27(36)33(25)28)18-24(34)29-16-14-19-10-5-4-6-11-19/h4-8,10-13,22-23H,3,9,14-18H2,1-2H3,(H,29,34)(H,30,35)/t22-,23-/m0/s1. The van der Waals surface area contributed by atoms with Crippen LogP contribution in [0.3, 0.4) is 0 Å². The molecule has 2 aliphatic rings. The van der Waals surface area contributed by atoms with Crippen molar-refractivity contribution in [1.82, 2.24) is 15.5 Å². The Balaban J connectivity index is 1.45. The quantitative estimate of drug-likeness (QED) is 0.406. The summed E-state index contributed by atoms with van der Waals surface area (Å²) in [6.07, 6.45) is 1.93. The molecule has 0 aromatic heterocycles. The Kier molecular flexibility index (Phi) is 9.67. The van der Waals surface area contributed by atoms with Crippen molar-refractivity contribution in [1.29, 1.82) is 0 Å². The van der Waals surface area contributed by atoms with E-state index in [0.717, 1.165) is 11.1 Å². The van der Waals surface area contributed by atoms with Crippen LogP contribution in [0, 0.1) is 0 Å². The number of ether oxygens (including phenoxy) is 1. The van der Waals surface area contributed by atoms with Crippen molar-refractivity contribution in [3.05, 3.63) is 65.7 Å². The number of thioether (sulfide) groups is 1. The summed E-state index contributed by atoms with van der Waals surface area (Å²) in [6.45, 7) is 3.48. The van der Waals surface area contributed by atoms with Gasteiger partial charge in [0.15, 0.2) is 5.17 Å². The monoisotopic (exact) mass is 535 g/mol. The first-order valence-corrected chi connectivity index (χ1v) is 13.7. The van der Waals surface area contributed by atoms with Crippen LogP contribution in [0.15, 0.2) is 64.6 Å². The number of rotatable bonds is 12. The fourth-order valence-corrected chi connectivity index (χ4v) is 5.29. The number of nitrogens with one attached hydrogen (secondary N) is 2. The van der Waals surface area contributed by atoms with Gasteiger partial charge in [0.2, 0.25) is 11.8 Å². The van der Waals surface area contributed by atoms with Gasteiger partial charge in [-0.3, -0.25) is 19.4 Å². The zero-order valence-electron chi connectivity index (χ0n) is 21.7. The molecule has 10 heteroatoms. The number of methoxy groups -OCH3 is 1. The highest BCUT2D eigenvalue weighted by atomic mass is 32.2. The molecule has 0 fully saturated rings. The maximum atomic E-state index is 13.5. The molecule has 2 aromatic rings. The van der Waals surface area contributed by atoms with Crippen LogP contribution in [0.25, 0.3) is 0 Å². The molecule has 0 bridgehead atoms. The Morgan fingerprint density at radius 3 is 2.61 bits per heavy atom. The van der Waals surface area contributed by atoms with Gasteiger partial charge in [-0.25, -0.2) is 9.89 Å². The molecule has 2 atom stereocenters. The number of nitrogens with zero attached hydrogens (tertiary/aromatic N) is 3. The van der Waals surface area contributed by atoms with Crippen molar-refractivity contribution < 1.29 is 19.1 Å². The van der Waals surface area contributed by atoms with Crippen LogP contribution >= 0.6 is 11.8 Å². The smallest absolute Gasteiger partial charge is 0.259 e. The largest absolute Gasteiger partial charge is 0.385 e. The van der Waals surface area contributed by atoms with E-state index in [9.17, 15) is 14.4 Å². The molecular formula is C28H33N5O4S. The number of amides is 3. The minimum Gasteiger partial charge on any atom is -0.385 e. The lowest BCUT2D eigenvalue weighted by atomic mass is 10.1. The van der Waals surface area contributed by atoms with Gasteiger partial charge in [-0.05, 0) is 37.0 Å². The number of hydrogen-bond acceptors (Lipinski definition) is 7. The summed E-state index contributed by atoms with van der Waals surface area (Å²) < 4.78 is 5.04. The van der Waals surface area contributed by atoms with Crippen LogP contribution in [0.5, 0.6) is 0 Å². The number of benzene rings is 2. The van der Waals surface area contributed by atoms with Crippen molar-refractivity contribution in [2.24, 2.45) is 9.98 Å². The highest BCUT2D eigenvalue weighted by molar-refractivity contribution is 8.15. The maximum Gasteiger partial charge on any atom is 0.259 e. The first kappa shape index (κ1) is 27.5. The van der Waals surface area contributed by atoms with Crippen LogP contribution in [0.1, 0.15) is 37.3 Å². The summed E-state index contributed by atoms with van der Waals surface area (Å²) in [6, 6.07) is 16.5. The van der Waals surface area contributed by atoms with Gasteiger partial charge in [-0.2, -0.15) is 0 Å². The zero-order chi connectivity index (χ0) is 26.9. The Labute approximate surface area is 227 Å². The van der Waals surface area contributed by atoms with Crippen molar-refractivity contribution in [3.63, 3.8) is 0 Å². The lowest BCUT2D eigenvalue weighted by molar-refractivity contribution is -0.128. The molecule has 2 heterocycles. The van der Waals surface area contributed by atoms with Gasteiger partial charge >= 0.3 is 0 Å². The van der Waals surface area contributed by atoms with Gasteiger partial charge in [0, 0.05) is 32.4 Å². The molecule has 200 valence electrons. The van der Waals surface area contributed by atoms with E-state index in [1.165, 1.54) is 16.7 Å². The van der Waals surface area contributed by atoms with Gasteiger partial charge in [0.1, 0.15) is 11.9 Å². The van der Waals surface area contributed by atoms with Crippen molar-refractivity contribution >= 4 is 46.2 Å². The van der Waals surface area contributed by atoms with E-state index in [1.54, 1.807) is 7.11 Å². The molecule has 2 N–H and O–H groups in total. The Morgan fingerprint density at radius 2 is 1.84 bits per heavy atom. The van der Waals surface area contributed by atoms with E-state index >= 15 is 0 Å². The molecule has 0 radical (unpaired) electrons. The summed E-state index contributed by atoms with van der Waals surface area (Å²) in [5.74, 6) is -0.186. The van der Waals surface area contributed by atoms with Crippen LogP contribution in [-0.2, 0) is 25.5 Å². The molecule has 2 aromatic carbocycles. The number of carbonyl (C=O) groups is 3. The molecule has 0 unspecified atom stereocenters. The van der Waals surface area contributed by atoms with Gasteiger partial charge < -0.3 is 15.4 Å². The average Bonchev–Trinajstić information content (AvgIpc) is 3.26. The molecule has 0 saturated heterocycles. The van der Waals surface area contributed by atoms with E-state index in [-0.39, 0.29) is 24.1 Å². The first-order chi connectivity index (χ1) is 18.5. The van der Waals surface area contributed by atoms with E-state index in [4.69, 9.17) is 9.73 Å². The van der Waals surface area contributed by atoms with Crippen LogP contribution < -0.4 is 10.6 Å². The number of hydrogen-bond donors (Lipinski definition) is 2. The van der Waals surface area contributed by atoms with E-state index in [2.05, 4.69) is 15.6 Å². The third-order valence-electron chi connectivity index (χ3n) is 6.24. The predicted octanol–water partition coefficient (Wildman–Crippen LogP) is 3.06. The van der Waals surface area contributed by atoms with Gasteiger partial charge in [-0.1, -0.05) is 61.2 Å². The molecule has 9 nitrogen and oxygen atoms in total. The van der Waals surface area contributed by atoms with Crippen LogP contribution in [0.4, 0.5) is 5.69 Å². The summed E-state index contributed by atoms with van der Waals surface area (Å²) in [5, 5.41) is 5.80. The van der Waals surface area contributed by atoms with Gasteiger partial charge in [-0.15, -0.1) is 0 Å². The molecule has 2 aliphatic heterocycles. The summed E-state index contributed by atoms with van der Waals surface area (Å²) in [5.41, 5.74) is 2.54. The second-order valence-electron chi connectivity index (χ2n) is 9.00. The number of fused-ring (bicyclic) bond motifs is 3. The Hall–Kier alpha value is -3.50. The van der Waals surface area contributed by atoms with Gasteiger partial charge in [0.05, 0.1) is 17.4 Å². The van der Waals surface area contributed by atoms with E-state index < -0.39 is 11.3 Å². The van der Waals surface area contributed by atoms with Crippen molar-refractivity contribution in [2.75, 3.05) is 26.8 Å². The predicted molar refractivity (Wildman–Crippen MR) is 150 cm³/mol. The molecular weight excluding hydrogens is 502 g/mol. The third-order valence-corrected chi connectivity index (χ3v) is 7.56. The summed E-state index contributed by atoms with van der Waals surface area (Å²) in [4.78, 5) is 49.9. The highest BCUT2D eigenvalue weighted by Crippen LogP contribution is 2.35. The lowest BCUT2D eigenvalue weighted by Crippen LogP contribution is -2.44. The average molecular weight is 536 g/mol. The fourth-order valence-electron chi connectivity index (χ4n) is 4.24. The normalized spacial score (nSPS) is 16.7. The molecule has 38 heavy (non-hydrogen) atoms. The molecule has 4 rings (SSSR count). The second kappa shape index (κ2) is 13.3. The van der Waals surface area contributed by atoms with Crippen molar-refractivity contribution in [3.8, 4) is 0 Å². The molecule has 0 saturated carbocycles. The van der Waals surface area contributed by atoms with Gasteiger partial charge in [0.25, 0.3) is 5.91 Å². The van der Waals surface area contributed by atoms with Crippen LogP contribution in [0.2, 0.25) is 0 Å². The molecule has 0 spiro atoms. The second-order valence-corrected chi connectivity index (χ2v) is 10.2. The number of carbonyl (C=O) groups excluding carboxylic acids is 3. The van der Waals surface area contributed by atoms with Crippen LogP contribution in [-0.4, -0.2) is 71.7 Å². The first-order valence-electron chi connectivity index (χ1n) is 12.9. The number of para-hydroxylation sites is 1.